The van der Waals surface area contributed by atoms with Gasteiger partial charge in [0.2, 0.25) is 11.8 Å². The van der Waals surface area contributed by atoms with Crippen molar-refractivity contribution >= 4 is 40.9 Å². The lowest BCUT2D eigenvalue weighted by Crippen LogP contribution is -2.52. The summed E-state index contributed by atoms with van der Waals surface area (Å²) in [6, 6.07) is 16.5. The van der Waals surface area contributed by atoms with Crippen LogP contribution in [0.5, 0.6) is 5.75 Å². The molecule has 5 aromatic rings. The molecular weight excluding hydrogens is 737 g/mol. The number of anilines is 2. The third-order valence-electron chi connectivity index (χ3n) is 11.5. The first-order chi connectivity index (χ1) is 28.1. The first-order valence-corrected chi connectivity index (χ1v) is 20.2. The molecule has 6 heterocycles. The molecule has 4 N–H and O–H groups in total. The minimum absolute atomic E-state index is 0.0991. The molecule has 5 amide bonds. The number of hydrogen-bond donors (Lipinski definition) is 4. The SMILES string of the molecule is CC(C)c1cnn2c(NCc3ccc(NC(=O)N4CCN(CCCCCc5cccc6c5CN([C@@H]5CCC(=O)NC5=O)C6=O)CC4)cc3)cc(-n3ccc(O)c3)nc12. The van der Waals surface area contributed by atoms with E-state index >= 15 is 0 Å². The first kappa shape index (κ1) is 38.6. The van der Waals surface area contributed by atoms with Gasteiger partial charge >= 0.3 is 6.03 Å². The van der Waals surface area contributed by atoms with Gasteiger partial charge in [-0.05, 0) is 79.1 Å². The van der Waals surface area contributed by atoms with E-state index in [4.69, 9.17) is 4.98 Å². The number of fused-ring (bicyclic) bond motifs is 2. The van der Waals surface area contributed by atoms with Crippen LogP contribution in [0.3, 0.4) is 0 Å². The monoisotopic (exact) mass is 786 g/mol. The van der Waals surface area contributed by atoms with Gasteiger partial charge in [0.25, 0.3) is 5.91 Å². The van der Waals surface area contributed by atoms with Crippen LogP contribution in [0.1, 0.15) is 84.5 Å². The maximum absolute atomic E-state index is 13.2. The predicted octanol–water partition coefficient (Wildman–Crippen LogP) is 5.28. The number of aromatic hydroxyl groups is 1. The zero-order valence-electron chi connectivity index (χ0n) is 33.0. The molecule has 58 heavy (non-hydrogen) atoms. The molecule has 1 atom stereocenters. The predicted molar refractivity (Wildman–Crippen MR) is 219 cm³/mol. The lowest BCUT2D eigenvalue weighted by molar-refractivity contribution is -0.136. The molecular formula is C43H50N10O5. The van der Waals surface area contributed by atoms with Crippen molar-refractivity contribution in [3.63, 3.8) is 0 Å². The van der Waals surface area contributed by atoms with Gasteiger partial charge in [-0.25, -0.2) is 9.78 Å². The van der Waals surface area contributed by atoms with E-state index in [1.165, 1.54) is 0 Å². The topological polar surface area (TPSA) is 169 Å². The summed E-state index contributed by atoms with van der Waals surface area (Å²) < 4.78 is 3.59. The summed E-state index contributed by atoms with van der Waals surface area (Å²) in [4.78, 5) is 61.1. The van der Waals surface area contributed by atoms with E-state index in [0.29, 0.717) is 44.0 Å². The van der Waals surface area contributed by atoms with Crippen molar-refractivity contribution in [1.29, 1.82) is 0 Å². The first-order valence-electron chi connectivity index (χ1n) is 20.2. The van der Waals surface area contributed by atoms with Crippen molar-refractivity contribution < 1.29 is 24.3 Å². The number of amides is 5. The number of benzene rings is 2. The van der Waals surface area contributed by atoms with Crippen molar-refractivity contribution in [3.05, 3.63) is 101 Å². The van der Waals surface area contributed by atoms with E-state index in [0.717, 1.165) is 84.7 Å². The second-order valence-electron chi connectivity index (χ2n) is 15.7. The van der Waals surface area contributed by atoms with E-state index in [2.05, 4.69) is 45.9 Å². The van der Waals surface area contributed by atoms with E-state index in [-0.39, 0.29) is 41.8 Å². The van der Waals surface area contributed by atoms with Gasteiger partial charge in [0.1, 0.15) is 23.4 Å². The Morgan fingerprint density at radius 1 is 1.00 bits per heavy atom. The molecule has 2 saturated heterocycles. The van der Waals surface area contributed by atoms with Crippen molar-refractivity contribution in [2.75, 3.05) is 43.4 Å². The molecule has 15 nitrogen and oxygen atoms in total. The zero-order valence-corrected chi connectivity index (χ0v) is 33.0. The Balaban J connectivity index is 0.765. The number of rotatable bonds is 13. The average Bonchev–Trinajstić information content (AvgIpc) is 3.95. The Kier molecular flexibility index (Phi) is 11.1. The summed E-state index contributed by atoms with van der Waals surface area (Å²) in [6.07, 6.45) is 9.82. The number of nitrogens with zero attached hydrogens (tertiary/aromatic N) is 7. The minimum Gasteiger partial charge on any atom is -0.506 e. The number of imide groups is 1. The van der Waals surface area contributed by atoms with Gasteiger partial charge in [0.05, 0.1) is 12.4 Å². The standard InChI is InChI=1S/C43H50N10O5/c1-28(2)34-25-45-53-37(23-38(47-40(34)53)51-18-16-32(54)26-51)44-24-29-10-12-31(13-11-29)46-43(58)50-21-19-49(20-22-50)17-5-3-4-7-30-8-6-9-33-35(30)27-52(42(33)57)36-14-15-39(55)48-41(36)56/h6,8-13,16,18,23,25-26,28,36,44,54H,3-5,7,14-15,17,19-22,24,27H2,1-2H3,(H,46,58)(H,48,55,56)/t36-/m1/s1. The summed E-state index contributed by atoms with van der Waals surface area (Å²) in [7, 11) is 0. The van der Waals surface area contributed by atoms with Crippen LogP contribution in [0.15, 0.2) is 73.2 Å². The summed E-state index contributed by atoms with van der Waals surface area (Å²) in [5.41, 5.74) is 6.38. The Hall–Kier alpha value is -6.22. The van der Waals surface area contributed by atoms with Crippen LogP contribution in [-0.4, -0.2) is 101 Å². The molecule has 0 aliphatic carbocycles. The minimum atomic E-state index is -0.602. The largest absolute Gasteiger partial charge is 0.506 e. The van der Waals surface area contributed by atoms with Gasteiger partial charge in [-0.1, -0.05) is 44.5 Å². The van der Waals surface area contributed by atoms with Gasteiger partial charge in [0, 0.05) is 74.8 Å². The quantitative estimate of drug-likeness (QED) is 0.0916. The van der Waals surface area contributed by atoms with Crippen molar-refractivity contribution in [3.8, 4) is 11.6 Å². The molecule has 2 aromatic carbocycles. The fraction of sp³-hybridized carbons (Fsp3) is 0.395. The average molecular weight is 787 g/mol. The zero-order chi connectivity index (χ0) is 40.3. The Labute approximate surface area is 337 Å². The summed E-state index contributed by atoms with van der Waals surface area (Å²) in [5, 5.41) is 23.4. The smallest absolute Gasteiger partial charge is 0.321 e. The highest BCUT2D eigenvalue weighted by atomic mass is 16.3. The maximum Gasteiger partial charge on any atom is 0.321 e. The van der Waals surface area contributed by atoms with Gasteiger partial charge in [-0.15, -0.1) is 0 Å². The van der Waals surface area contributed by atoms with E-state index in [9.17, 15) is 24.3 Å². The number of unbranched alkanes of at least 4 members (excludes halogenated alkanes) is 2. The number of hydrogen-bond acceptors (Lipinski definition) is 9. The number of urea groups is 1. The molecule has 3 aliphatic heterocycles. The molecule has 3 aromatic heterocycles. The van der Waals surface area contributed by atoms with Crippen molar-refractivity contribution in [1.82, 2.24) is 39.2 Å². The third-order valence-corrected chi connectivity index (χ3v) is 11.5. The molecule has 0 bridgehead atoms. The number of aryl methyl sites for hydroxylation is 1. The highest BCUT2D eigenvalue weighted by Crippen LogP contribution is 2.31. The Bertz CT molecular complexity index is 2330. The second kappa shape index (κ2) is 16.7. The molecule has 302 valence electrons. The summed E-state index contributed by atoms with van der Waals surface area (Å²) in [5.74, 6) is 1.04. The molecule has 0 radical (unpaired) electrons. The highest BCUT2D eigenvalue weighted by molar-refractivity contribution is 6.05. The second-order valence-corrected chi connectivity index (χ2v) is 15.7. The van der Waals surface area contributed by atoms with Crippen LogP contribution >= 0.6 is 0 Å². The lowest BCUT2D eigenvalue weighted by Gasteiger charge is -2.34. The Morgan fingerprint density at radius 3 is 2.55 bits per heavy atom. The number of carbonyl (C=O) groups is 4. The van der Waals surface area contributed by atoms with Crippen molar-refractivity contribution in [2.24, 2.45) is 0 Å². The number of aromatic nitrogens is 4. The fourth-order valence-corrected chi connectivity index (χ4v) is 8.15. The molecule has 15 heteroatoms. The van der Waals surface area contributed by atoms with Crippen LogP contribution in [0.25, 0.3) is 11.5 Å². The lowest BCUT2D eigenvalue weighted by atomic mass is 9.98. The van der Waals surface area contributed by atoms with E-state index in [1.54, 1.807) is 32.4 Å². The third kappa shape index (κ3) is 8.26. The van der Waals surface area contributed by atoms with Gasteiger partial charge in [0.15, 0.2) is 5.65 Å². The molecule has 0 unspecified atom stereocenters. The normalized spacial score (nSPS) is 17.3. The van der Waals surface area contributed by atoms with Gasteiger partial charge in [-0.2, -0.15) is 9.61 Å². The van der Waals surface area contributed by atoms with Crippen LogP contribution in [0.4, 0.5) is 16.3 Å². The number of piperidine rings is 1. The fourth-order valence-electron chi connectivity index (χ4n) is 8.15. The molecule has 2 fully saturated rings. The number of nitrogens with one attached hydrogen (secondary N) is 3. The summed E-state index contributed by atoms with van der Waals surface area (Å²) >= 11 is 0. The van der Waals surface area contributed by atoms with Crippen molar-refractivity contribution in [2.45, 2.75) is 77.4 Å². The van der Waals surface area contributed by atoms with Crippen LogP contribution in [0.2, 0.25) is 0 Å². The van der Waals surface area contributed by atoms with Crippen LogP contribution < -0.4 is 16.0 Å². The summed E-state index contributed by atoms with van der Waals surface area (Å²) in [6.45, 7) is 9.11. The van der Waals surface area contributed by atoms with Crippen LogP contribution in [-0.2, 0) is 29.1 Å². The van der Waals surface area contributed by atoms with E-state index < -0.39 is 6.04 Å². The maximum atomic E-state index is 13.2. The molecule has 8 rings (SSSR count). The molecule has 3 aliphatic rings. The Morgan fingerprint density at radius 2 is 1.81 bits per heavy atom. The number of carbonyl (C=O) groups excluding carboxylic acids is 4. The highest BCUT2D eigenvalue weighted by Gasteiger charge is 2.39. The number of piperazine rings is 1. The van der Waals surface area contributed by atoms with Gasteiger partial charge < -0.3 is 30.1 Å². The van der Waals surface area contributed by atoms with Crippen LogP contribution in [0, 0.1) is 0 Å². The van der Waals surface area contributed by atoms with E-state index in [1.807, 2.05) is 53.6 Å². The molecule has 0 saturated carbocycles. The van der Waals surface area contributed by atoms with Gasteiger partial charge in [-0.3, -0.25) is 24.6 Å². The molecule has 0 spiro atoms.